The minimum atomic E-state index is -1.34. The highest BCUT2D eigenvalue weighted by atomic mass is 35.5. The number of benzene rings is 2. The van der Waals surface area contributed by atoms with Crippen LogP contribution in [0.4, 0.5) is 8.78 Å². The topological polar surface area (TPSA) is 37.3 Å². The van der Waals surface area contributed by atoms with E-state index in [1.807, 2.05) is 0 Å². The van der Waals surface area contributed by atoms with E-state index in [1.165, 1.54) is 36.0 Å². The van der Waals surface area contributed by atoms with Crippen molar-refractivity contribution in [3.8, 4) is 0 Å². The van der Waals surface area contributed by atoms with E-state index in [0.717, 1.165) is 6.07 Å². The zero-order chi connectivity index (χ0) is 14.7. The number of halogens is 3. The van der Waals surface area contributed by atoms with Gasteiger partial charge in [0.25, 0.3) is 0 Å². The summed E-state index contributed by atoms with van der Waals surface area (Å²) in [7, 11) is 0. The molecule has 0 radical (unpaired) electrons. The molecule has 0 fully saturated rings. The lowest BCUT2D eigenvalue weighted by Crippen LogP contribution is -2.00. The van der Waals surface area contributed by atoms with Crippen molar-refractivity contribution >= 4 is 29.3 Å². The van der Waals surface area contributed by atoms with Crippen molar-refractivity contribution in [1.29, 1.82) is 0 Å². The molecule has 0 bridgehead atoms. The Hall–Kier alpha value is -1.59. The Bertz CT molecular complexity index is 641. The highest BCUT2D eigenvalue weighted by Gasteiger charge is 2.12. The molecule has 0 aliphatic rings. The fourth-order valence-corrected chi connectivity index (χ4v) is 2.86. The first-order chi connectivity index (χ1) is 9.49. The van der Waals surface area contributed by atoms with Crippen molar-refractivity contribution in [1.82, 2.24) is 0 Å². The number of carbonyl (C=O) groups is 1. The third-order valence-corrected chi connectivity index (χ3v) is 3.99. The summed E-state index contributed by atoms with van der Waals surface area (Å²) in [6, 6.07) is 8.13. The number of carboxylic acids is 1. The van der Waals surface area contributed by atoms with E-state index in [0.29, 0.717) is 15.5 Å². The maximum absolute atomic E-state index is 13.6. The Kier molecular flexibility index (Phi) is 4.62. The van der Waals surface area contributed by atoms with Gasteiger partial charge in [-0.3, -0.25) is 0 Å². The summed E-state index contributed by atoms with van der Waals surface area (Å²) in [6.45, 7) is 0. The SMILES string of the molecule is O=C(O)c1cc(SCc2c(F)cccc2Cl)ccc1F. The molecule has 20 heavy (non-hydrogen) atoms. The molecule has 6 heteroatoms. The first-order valence-corrected chi connectivity index (χ1v) is 6.94. The molecule has 2 aromatic carbocycles. The van der Waals surface area contributed by atoms with Gasteiger partial charge in [-0.15, -0.1) is 11.8 Å². The van der Waals surface area contributed by atoms with Crippen molar-refractivity contribution in [3.63, 3.8) is 0 Å². The minimum absolute atomic E-state index is 0.232. The predicted molar refractivity (Wildman–Crippen MR) is 74.3 cm³/mol. The molecule has 0 aliphatic carbocycles. The summed E-state index contributed by atoms with van der Waals surface area (Å²) in [6.07, 6.45) is 0. The maximum atomic E-state index is 13.6. The number of rotatable bonds is 4. The molecule has 0 spiro atoms. The molecule has 0 atom stereocenters. The minimum Gasteiger partial charge on any atom is -0.478 e. The average molecular weight is 315 g/mol. The molecule has 0 saturated carbocycles. The molecule has 2 nitrogen and oxygen atoms in total. The Morgan fingerprint density at radius 2 is 1.95 bits per heavy atom. The van der Waals surface area contributed by atoms with Gasteiger partial charge in [0.2, 0.25) is 0 Å². The second-order valence-corrected chi connectivity index (χ2v) is 5.39. The van der Waals surface area contributed by atoms with Gasteiger partial charge in [0.05, 0.1) is 5.56 Å². The molecule has 1 N–H and O–H groups in total. The monoisotopic (exact) mass is 314 g/mol. The quantitative estimate of drug-likeness (QED) is 0.837. The van der Waals surface area contributed by atoms with E-state index in [2.05, 4.69) is 0 Å². The fourth-order valence-electron chi connectivity index (χ4n) is 1.58. The number of thioether (sulfide) groups is 1. The van der Waals surface area contributed by atoms with Gasteiger partial charge in [0, 0.05) is 21.2 Å². The normalized spacial score (nSPS) is 10.6. The van der Waals surface area contributed by atoms with E-state index in [4.69, 9.17) is 16.7 Å². The van der Waals surface area contributed by atoms with Crippen molar-refractivity contribution in [2.45, 2.75) is 10.6 Å². The van der Waals surface area contributed by atoms with Gasteiger partial charge in [-0.2, -0.15) is 0 Å². The van der Waals surface area contributed by atoms with Crippen molar-refractivity contribution in [2.24, 2.45) is 0 Å². The van der Waals surface area contributed by atoms with E-state index in [9.17, 15) is 13.6 Å². The summed E-state index contributed by atoms with van der Waals surface area (Å²) in [5.41, 5.74) is -0.0741. The third kappa shape index (κ3) is 3.29. The molecule has 0 heterocycles. The highest BCUT2D eigenvalue weighted by molar-refractivity contribution is 7.98. The van der Waals surface area contributed by atoms with Gasteiger partial charge in [0.15, 0.2) is 0 Å². The molecule has 2 rings (SSSR count). The van der Waals surface area contributed by atoms with Crippen LogP contribution in [0.25, 0.3) is 0 Å². The maximum Gasteiger partial charge on any atom is 0.338 e. The Morgan fingerprint density at radius 1 is 1.20 bits per heavy atom. The Balaban J connectivity index is 2.19. The first kappa shape index (κ1) is 14.8. The molecular weight excluding hydrogens is 306 g/mol. The molecule has 0 aliphatic heterocycles. The molecular formula is C14H9ClF2O2S. The van der Waals surface area contributed by atoms with Crippen LogP contribution in [0.15, 0.2) is 41.3 Å². The molecule has 0 amide bonds. The van der Waals surface area contributed by atoms with Gasteiger partial charge in [-0.25, -0.2) is 13.6 Å². The van der Waals surface area contributed by atoms with Crippen LogP contribution < -0.4 is 0 Å². The van der Waals surface area contributed by atoms with E-state index in [1.54, 1.807) is 6.07 Å². The van der Waals surface area contributed by atoms with Gasteiger partial charge >= 0.3 is 5.97 Å². The van der Waals surface area contributed by atoms with Crippen LogP contribution >= 0.6 is 23.4 Å². The van der Waals surface area contributed by atoms with E-state index >= 15 is 0 Å². The standard InChI is InChI=1S/C14H9ClF2O2S/c15-11-2-1-3-12(16)10(11)7-20-8-4-5-13(17)9(6-8)14(18)19/h1-6H,7H2,(H,18,19). The Labute approximate surface area is 123 Å². The van der Waals surface area contributed by atoms with Crippen LogP contribution in [0.1, 0.15) is 15.9 Å². The van der Waals surface area contributed by atoms with Crippen LogP contribution in [0.2, 0.25) is 5.02 Å². The van der Waals surface area contributed by atoms with E-state index in [-0.39, 0.29) is 5.75 Å². The number of hydrogen-bond donors (Lipinski definition) is 1. The molecule has 0 aromatic heterocycles. The number of carboxylic acid groups (broad SMARTS) is 1. The van der Waals surface area contributed by atoms with Gasteiger partial charge in [-0.1, -0.05) is 17.7 Å². The predicted octanol–water partition coefficient (Wildman–Crippen LogP) is 4.61. The molecule has 2 aromatic rings. The first-order valence-electron chi connectivity index (χ1n) is 5.57. The summed E-state index contributed by atoms with van der Waals surface area (Å²) in [4.78, 5) is 11.4. The second kappa shape index (κ2) is 6.24. The van der Waals surface area contributed by atoms with Crippen LogP contribution in [-0.4, -0.2) is 11.1 Å². The van der Waals surface area contributed by atoms with Crippen LogP contribution in [0.3, 0.4) is 0 Å². The van der Waals surface area contributed by atoms with Gasteiger partial charge < -0.3 is 5.11 Å². The molecule has 0 saturated heterocycles. The summed E-state index contributed by atoms with van der Waals surface area (Å²) in [5, 5.41) is 9.14. The lowest BCUT2D eigenvalue weighted by molar-refractivity contribution is 0.0691. The van der Waals surface area contributed by atoms with Crippen molar-refractivity contribution in [2.75, 3.05) is 0 Å². The summed E-state index contributed by atoms with van der Waals surface area (Å²) < 4.78 is 26.8. The lowest BCUT2D eigenvalue weighted by Gasteiger charge is -2.07. The number of aromatic carboxylic acids is 1. The van der Waals surface area contributed by atoms with E-state index < -0.39 is 23.2 Å². The van der Waals surface area contributed by atoms with Crippen molar-refractivity contribution in [3.05, 3.63) is 64.2 Å². The zero-order valence-corrected chi connectivity index (χ0v) is 11.6. The van der Waals surface area contributed by atoms with Crippen LogP contribution in [0.5, 0.6) is 0 Å². The van der Waals surface area contributed by atoms with Crippen LogP contribution in [-0.2, 0) is 5.75 Å². The lowest BCUT2D eigenvalue weighted by atomic mass is 10.2. The second-order valence-electron chi connectivity index (χ2n) is 3.94. The van der Waals surface area contributed by atoms with Gasteiger partial charge in [0.1, 0.15) is 11.6 Å². The molecule has 104 valence electrons. The zero-order valence-electron chi connectivity index (χ0n) is 10.1. The number of hydrogen-bond acceptors (Lipinski definition) is 2. The summed E-state index contributed by atoms with van der Waals surface area (Å²) >= 11 is 7.08. The average Bonchev–Trinajstić information content (AvgIpc) is 2.39. The molecule has 0 unspecified atom stereocenters. The Morgan fingerprint density at radius 3 is 2.60 bits per heavy atom. The third-order valence-electron chi connectivity index (χ3n) is 2.61. The smallest absolute Gasteiger partial charge is 0.338 e. The van der Waals surface area contributed by atoms with Crippen molar-refractivity contribution < 1.29 is 18.7 Å². The van der Waals surface area contributed by atoms with Crippen LogP contribution in [0, 0.1) is 11.6 Å². The fraction of sp³-hybridized carbons (Fsp3) is 0.0714. The largest absolute Gasteiger partial charge is 0.478 e. The van der Waals surface area contributed by atoms with Gasteiger partial charge in [-0.05, 0) is 30.3 Å². The summed E-state index contributed by atoms with van der Waals surface area (Å²) in [5.74, 6) is -2.33. The highest BCUT2D eigenvalue weighted by Crippen LogP contribution is 2.29.